The van der Waals surface area contributed by atoms with Crippen LogP contribution in [-0.2, 0) is 0 Å². The highest BCUT2D eigenvalue weighted by Crippen LogP contribution is 2.37. The fourth-order valence-corrected chi connectivity index (χ4v) is 2.95. The fraction of sp³-hybridized carbons (Fsp3) is 0.647. The molecule has 0 aliphatic heterocycles. The van der Waals surface area contributed by atoms with E-state index in [1.165, 1.54) is 19.3 Å². The average Bonchev–Trinajstić information content (AvgIpc) is 2.74. The zero-order valence-corrected chi connectivity index (χ0v) is 12.9. The van der Waals surface area contributed by atoms with Gasteiger partial charge in [0.2, 0.25) is 0 Å². The SMILES string of the molecule is Cc1ccccc1OCC(O)CNC1CCCC1(C)C. The number of para-hydroxylation sites is 1. The number of aryl methyl sites for hydroxylation is 1. The normalized spacial score (nSPS) is 22.7. The summed E-state index contributed by atoms with van der Waals surface area (Å²) in [5.74, 6) is 0.854. The van der Waals surface area contributed by atoms with E-state index in [1.54, 1.807) is 0 Å². The Morgan fingerprint density at radius 2 is 2.15 bits per heavy atom. The lowest BCUT2D eigenvalue weighted by Crippen LogP contribution is -2.43. The van der Waals surface area contributed by atoms with Crippen LogP contribution >= 0.6 is 0 Å². The van der Waals surface area contributed by atoms with Gasteiger partial charge in [0.25, 0.3) is 0 Å². The van der Waals surface area contributed by atoms with Crippen LogP contribution in [0.3, 0.4) is 0 Å². The highest BCUT2D eigenvalue weighted by atomic mass is 16.5. The summed E-state index contributed by atoms with van der Waals surface area (Å²) < 4.78 is 5.68. The summed E-state index contributed by atoms with van der Waals surface area (Å²) in [4.78, 5) is 0. The molecule has 1 saturated carbocycles. The van der Waals surface area contributed by atoms with Crippen molar-refractivity contribution in [2.45, 2.75) is 52.2 Å². The zero-order chi connectivity index (χ0) is 14.6. The molecule has 0 spiro atoms. The van der Waals surface area contributed by atoms with Crippen molar-refractivity contribution in [2.24, 2.45) is 5.41 Å². The lowest BCUT2D eigenvalue weighted by atomic mass is 9.87. The van der Waals surface area contributed by atoms with Gasteiger partial charge in [-0.3, -0.25) is 0 Å². The first-order valence-corrected chi connectivity index (χ1v) is 7.59. The van der Waals surface area contributed by atoms with Gasteiger partial charge in [-0.2, -0.15) is 0 Å². The summed E-state index contributed by atoms with van der Waals surface area (Å²) in [6.45, 7) is 7.55. The summed E-state index contributed by atoms with van der Waals surface area (Å²) >= 11 is 0. The van der Waals surface area contributed by atoms with E-state index in [0.29, 0.717) is 24.6 Å². The molecule has 1 aliphatic rings. The first kappa shape index (κ1) is 15.3. The van der Waals surface area contributed by atoms with Crippen LogP contribution in [0.2, 0.25) is 0 Å². The van der Waals surface area contributed by atoms with E-state index in [1.807, 2.05) is 31.2 Å². The topological polar surface area (TPSA) is 41.5 Å². The standard InChI is InChI=1S/C17H27NO2/c1-13-7-4-5-8-15(13)20-12-14(19)11-18-16-9-6-10-17(16,2)3/h4-5,7-8,14,16,18-19H,6,9-12H2,1-3H3. The summed E-state index contributed by atoms with van der Waals surface area (Å²) in [7, 11) is 0. The molecule has 2 rings (SSSR count). The van der Waals surface area contributed by atoms with E-state index < -0.39 is 6.10 Å². The van der Waals surface area contributed by atoms with E-state index in [9.17, 15) is 5.11 Å². The highest BCUT2D eigenvalue weighted by molar-refractivity contribution is 5.31. The predicted molar refractivity (Wildman–Crippen MR) is 82.1 cm³/mol. The molecule has 0 bridgehead atoms. The Balaban J connectivity index is 1.73. The molecule has 0 aromatic heterocycles. The van der Waals surface area contributed by atoms with Crippen molar-refractivity contribution in [1.29, 1.82) is 0 Å². The quantitative estimate of drug-likeness (QED) is 0.840. The van der Waals surface area contributed by atoms with Crippen molar-refractivity contribution in [3.05, 3.63) is 29.8 Å². The molecule has 2 unspecified atom stereocenters. The maximum Gasteiger partial charge on any atom is 0.122 e. The second kappa shape index (κ2) is 6.59. The third kappa shape index (κ3) is 3.97. The molecule has 0 radical (unpaired) electrons. The largest absolute Gasteiger partial charge is 0.491 e. The zero-order valence-electron chi connectivity index (χ0n) is 12.9. The Kier molecular flexibility index (Phi) is 5.06. The molecule has 3 heteroatoms. The van der Waals surface area contributed by atoms with Crippen molar-refractivity contribution >= 4 is 0 Å². The van der Waals surface area contributed by atoms with Gasteiger partial charge >= 0.3 is 0 Å². The van der Waals surface area contributed by atoms with Gasteiger partial charge in [-0.15, -0.1) is 0 Å². The fourth-order valence-electron chi connectivity index (χ4n) is 2.95. The second-order valence-corrected chi connectivity index (χ2v) is 6.57. The van der Waals surface area contributed by atoms with Gasteiger partial charge in [0.05, 0.1) is 0 Å². The van der Waals surface area contributed by atoms with Crippen molar-refractivity contribution in [2.75, 3.05) is 13.2 Å². The molecule has 0 amide bonds. The van der Waals surface area contributed by atoms with E-state index in [4.69, 9.17) is 4.74 Å². The Hall–Kier alpha value is -1.06. The molecule has 2 N–H and O–H groups in total. The smallest absolute Gasteiger partial charge is 0.122 e. The lowest BCUT2D eigenvalue weighted by Gasteiger charge is -2.28. The minimum absolute atomic E-state index is 0.338. The first-order chi connectivity index (χ1) is 9.49. The summed E-state index contributed by atoms with van der Waals surface area (Å²) in [5, 5.41) is 13.5. The molecular weight excluding hydrogens is 250 g/mol. The van der Waals surface area contributed by atoms with Gasteiger partial charge in [-0.05, 0) is 36.8 Å². The Morgan fingerprint density at radius 3 is 2.80 bits per heavy atom. The maximum absolute atomic E-state index is 10.0. The second-order valence-electron chi connectivity index (χ2n) is 6.57. The van der Waals surface area contributed by atoms with Crippen LogP contribution in [0.1, 0.15) is 38.7 Å². The van der Waals surface area contributed by atoms with Gasteiger partial charge in [0, 0.05) is 12.6 Å². The van der Waals surface area contributed by atoms with E-state index in [2.05, 4.69) is 19.2 Å². The minimum atomic E-state index is -0.467. The van der Waals surface area contributed by atoms with Crippen LogP contribution in [-0.4, -0.2) is 30.4 Å². The van der Waals surface area contributed by atoms with Crippen molar-refractivity contribution in [1.82, 2.24) is 5.32 Å². The number of aliphatic hydroxyl groups is 1. The van der Waals surface area contributed by atoms with Crippen LogP contribution < -0.4 is 10.1 Å². The van der Waals surface area contributed by atoms with Crippen LogP contribution in [0.4, 0.5) is 0 Å². The number of nitrogens with one attached hydrogen (secondary N) is 1. The summed E-state index contributed by atoms with van der Waals surface area (Å²) in [6.07, 6.45) is 3.28. The number of hydrogen-bond acceptors (Lipinski definition) is 3. The van der Waals surface area contributed by atoms with E-state index in [-0.39, 0.29) is 0 Å². The number of rotatable bonds is 6. The number of ether oxygens (including phenoxy) is 1. The third-order valence-corrected chi connectivity index (χ3v) is 4.38. The van der Waals surface area contributed by atoms with E-state index in [0.717, 1.165) is 11.3 Å². The molecule has 112 valence electrons. The van der Waals surface area contributed by atoms with Crippen LogP contribution in [0.5, 0.6) is 5.75 Å². The summed E-state index contributed by atoms with van der Waals surface area (Å²) in [6, 6.07) is 8.41. The molecule has 2 atom stereocenters. The Bertz CT molecular complexity index is 431. The monoisotopic (exact) mass is 277 g/mol. The van der Waals surface area contributed by atoms with Gasteiger partial charge in [-0.25, -0.2) is 0 Å². The average molecular weight is 277 g/mol. The van der Waals surface area contributed by atoms with Gasteiger partial charge in [-0.1, -0.05) is 38.5 Å². The summed E-state index contributed by atoms with van der Waals surface area (Å²) in [5.41, 5.74) is 1.45. The minimum Gasteiger partial charge on any atom is -0.491 e. The first-order valence-electron chi connectivity index (χ1n) is 7.59. The van der Waals surface area contributed by atoms with Gasteiger partial charge in [0.15, 0.2) is 0 Å². The molecule has 20 heavy (non-hydrogen) atoms. The molecule has 1 aromatic carbocycles. The van der Waals surface area contributed by atoms with Crippen LogP contribution in [0.15, 0.2) is 24.3 Å². The predicted octanol–water partition coefficient (Wildman–Crippen LogP) is 2.90. The van der Waals surface area contributed by atoms with Crippen LogP contribution in [0.25, 0.3) is 0 Å². The number of aliphatic hydroxyl groups excluding tert-OH is 1. The molecule has 1 aliphatic carbocycles. The molecular formula is C17H27NO2. The van der Waals surface area contributed by atoms with Crippen molar-refractivity contribution < 1.29 is 9.84 Å². The molecule has 0 saturated heterocycles. The van der Waals surface area contributed by atoms with Crippen molar-refractivity contribution in [3.8, 4) is 5.75 Å². The van der Waals surface area contributed by atoms with Gasteiger partial charge < -0.3 is 15.2 Å². The highest BCUT2D eigenvalue weighted by Gasteiger charge is 2.34. The number of hydrogen-bond donors (Lipinski definition) is 2. The molecule has 1 aromatic rings. The Morgan fingerprint density at radius 1 is 1.40 bits per heavy atom. The van der Waals surface area contributed by atoms with Crippen LogP contribution in [0, 0.1) is 12.3 Å². The van der Waals surface area contributed by atoms with E-state index >= 15 is 0 Å². The number of benzene rings is 1. The maximum atomic E-state index is 10.0. The van der Waals surface area contributed by atoms with Gasteiger partial charge in [0.1, 0.15) is 18.5 Å². The molecule has 0 heterocycles. The van der Waals surface area contributed by atoms with Crippen molar-refractivity contribution in [3.63, 3.8) is 0 Å². The third-order valence-electron chi connectivity index (χ3n) is 4.38. The molecule has 1 fully saturated rings. The lowest BCUT2D eigenvalue weighted by molar-refractivity contribution is 0.0983. The molecule has 3 nitrogen and oxygen atoms in total. The Labute approximate surface area is 122 Å².